The molecule has 27 heavy (non-hydrogen) atoms. The summed E-state index contributed by atoms with van der Waals surface area (Å²) in [5, 5.41) is 1.03. The third-order valence-electron chi connectivity index (χ3n) is 7.62. The second-order valence-electron chi connectivity index (χ2n) is 9.35. The van der Waals surface area contributed by atoms with E-state index < -0.39 is 11.3 Å². The third-order valence-corrected chi connectivity index (χ3v) is 7.62. The number of carbonyl (C=O) groups excluding carboxylic acids is 3. The van der Waals surface area contributed by atoms with Crippen molar-refractivity contribution in [2.24, 2.45) is 34.5 Å². The van der Waals surface area contributed by atoms with E-state index in [9.17, 15) is 14.4 Å². The first-order chi connectivity index (χ1) is 12.7. The summed E-state index contributed by atoms with van der Waals surface area (Å²) in [5.41, 5.74) is 2.07. The van der Waals surface area contributed by atoms with Gasteiger partial charge >= 0.3 is 0 Å². The van der Waals surface area contributed by atoms with Crippen LogP contribution >= 0.6 is 0 Å². The Morgan fingerprint density at radius 2 is 2.04 bits per heavy atom. The normalized spacial score (nSPS) is 37.6. The molecular weight excluding hydrogens is 340 g/mol. The Kier molecular flexibility index (Phi) is 5.26. The molecule has 2 saturated carbocycles. The van der Waals surface area contributed by atoms with Crippen LogP contribution in [0.1, 0.15) is 74.6 Å². The van der Waals surface area contributed by atoms with Gasteiger partial charge in [-0.25, -0.2) is 0 Å². The highest BCUT2D eigenvalue weighted by atomic mass is 16.2. The van der Waals surface area contributed by atoms with E-state index in [0.717, 1.165) is 43.5 Å². The van der Waals surface area contributed by atoms with Crippen LogP contribution in [0.4, 0.5) is 0 Å². The molecule has 3 aliphatic rings. The molecule has 1 N–H and O–H groups in total. The van der Waals surface area contributed by atoms with Crippen molar-refractivity contribution in [1.82, 2.24) is 10.4 Å². The maximum atomic E-state index is 13.4. The minimum Gasteiger partial charge on any atom is -0.273 e. The molecule has 0 aromatic carbocycles. The molecule has 0 spiro atoms. The number of nitrogens with zero attached hydrogens (tertiary/aromatic N) is 1. The van der Waals surface area contributed by atoms with E-state index in [2.05, 4.69) is 25.3 Å². The summed E-state index contributed by atoms with van der Waals surface area (Å²) in [6.45, 7) is 10.2. The monoisotopic (exact) mass is 376 g/mol. The standard InChI is InChI=1S/C22H34N2O3.H2/c1-6-9-16(17-13-21(17,4)12-7-2)22(5)14(3)19(26)24(20(22)27)23-18(25)15-10-8-11-15;/h6,9,14-17H,7-8,10-13H2,1-5H3,(H,23,25);1H/b9-6-;/t14-,16?,17?,21?,22+;/m1./s1. The summed E-state index contributed by atoms with van der Waals surface area (Å²) in [6.07, 6.45) is 10.2. The lowest BCUT2D eigenvalue weighted by atomic mass is 9.66. The van der Waals surface area contributed by atoms with Gasteiger partial charge in [0.05, 0.1) is 11.3 Å². The zero-order valence-corrected chi connectivity index (χ0v) is 17.4. The summed E-state index contributed by atoms with van der Waals surface area (Å²) in [5.74, 6) is -0.806. The lowest BCUT2D eigenvalue weighted by molar-refractivity contribution is -0.152. The van der Waals surface area contributed by atoms with Gasteiger partial charge in [0, 0.05) is 7.34 Å². The summed E-state index contributed by atoms with van der Waals surface area (Å²) < 4.78 is 0. The Balaban J connectivity index is 0.00000280. The molecule has 1 heterocycles. The number of imide groups is 1. The first-order valence-corrected chi connectivity index (χ1v) is 10.5. The van der Waals surface area contributed by atoms with Crippen LogP contribution in [-0.2, 0) is 14.4 Å². The van der Waals surface area contributed by atoms with Gasteiger partial charge in [0.25, 0.3) is 11.8 Å². The second-order valence-corrected chi connectivity index (χ2v) is 9.35. The SMILES string of the molecule is C/C=C\C(C1CC1(C)CCC)[C@@]1(C)C(=O)N(NC(=O)C2CCC2)C(=O)[C@H]1C.[HH]. The molecule has 0 aromatic heterocycles. The van der Waals surface area contributed by atoms with Crippen LogP contribution in [0.15, 0.2) is 12.2 Å². The molecule has 3 unspecified atom stereocenters. The van der Waals surface area contributed by atoms with E-state index in [4.69, 9.17) is 0 Å². The predicted octanol–water partition coefficient (Wildman–Crippen LogP) is 4.09. The Bertz CT molecular complexity index is 675. The average Bonchev–Trinajstić information content (AvgIpc) is 3.20. The number of rotatable bonds is 7. The first-order valence-electron chi connectivity index (χ1n) is 10.5. The summed E-state index contributed by atoms with van der Waals surface area (Å²) >= 11 is 0. The fourth-order valence-electron chi connectivity index (χ4n) is 5.21. The molecule has 0 aromatic rings. The fourth-order valence-corrected chi connectivity index (χ4v) is 5.21. The lowest BCUT2D eigenvalue weighted by Gasteiger charge is -2.34. The zero-order chi connectivity index (χ0) is 20.0. The van der Waals surface area contributed by atoms with Gasteiger partial charge in [-0.2, -0.15) is 5.01 Å². The number of amides is 3. The Morgan fingerprint density at radius 1 is 1.37 bits per heavy atom. The van der Waals surface area contributed by atoms with Crippen LogP contribution in [-0.4, -0.2) is 22.7 Å². The molecule has 5 atom stereocenters. The summed E-state index contributed by atoms with van der Waals surface area (Å²) in [7, 11) is 0. The number of carbonyl (C=O) groups is 3. The van der Waals surface area contributed by atoms with E-state index >= 15 is 0 Å². The Morgan fingerprint density at radius 3 is 2.56 bits per heavy atom. The molecule has 5 heteroatoms. The second kappa shape index (κ2) is 7.06. The molecule has 152 valence electrons. The topological polar surface area (TPSA) is 66.5 Å². The summed E-state index contributed by atoms with van der Waals surface area (Å²) in [6, 6.07) is 0. The first kappa shape index (κ1) is 20.1. The van der Waals surface area contributed by atoms with Crippen molar-refractivity contribution in [2.45, 2.75) is 73.1 Å². The zero-order valence-electron chi connectivity index (χ0n) is 17.4. The Labute approximate surface area is 164 Å². The van der Waals surface area contributed by atoms with Crippen molar-refractivity contribution < 1.29 is 15.8 Å². The molecule has 3 rings (SSSR count). The molecule has 1 saturated heterocycles. The van der Waals surface area contributed by atoms with E-state index in [1.807, 2.05) is 26.8 Å². The highest BCUT2D eigenvalue weighted by Gasteiger charge is 2.65. The summed E-state index contributed by atoms with van der Waals surface area (Å²) in [4.78, 5) is 38.6. The quantitative estimate of drug-likeness (QED) is 0.537. The molecule has 5 nitrogen and oxygen atoms in total. The van der Waals surface area contributed by atoms with Crippen molar-refractivity contribution in [3.05, 3.63) is 12.2 Å². The maximum Gasteiger partial charge on any atom is 0.255 e. The molecule has 3 amide bonds. The van der Waals surface area contributed by atoms with Gasteiger partial charge in [0.15, 0.2) is 0 Å². The number of allylic oxidation sites excluding steroid dienone is 2. The van der Waals surface area contributed by atoms with E-state index in [1.54, 1.807) is 0 Å². The van der Waals surface area contributed by atoms with Gasteiger partial charge in [0.2, 0.25) is 5.91 Å². The number of hydrazine groups is 1. The number of hydrogen-bond donors (Lipinski definition) is 1. The van der Waals surface area contributed by atoms with Gasteiger partial charge in [0.1, 0.15) is 0 Å². The minimum absolute atomic E-state index is 0. The van der Waals surface area contributed by atoms with Crippen LogP contribution < -0.4 is 5.43 Å². The van der Waals surface area contributed by atoms with Crippen LogP contribution in [0.2, 0.25) is 0 Å². The van der Waals surface area contributed by atoms with Crippen molar-refractivity contribution in [1.29, 1.82) is 0 Å². The number of nitrogens with one attached hydrogen (secondary N) is 1. The lowest BCUT2D eigenvalue weighted by Crippen LogP contribution is -2.51. The van der Waals surface area contributed by atoms with Crippen molar-refractivity contribution in [3.8, 4) is 0 Å². The minimum atomic E-state index is -0.813. The highest BCUT2D eigenvalue weighted by molar-refractivity contribution is 6.08. The third kappa shape index (κ3) is 3.13. The van der Waals surface area contributed by atoms with E-state index in [1.165, 1.54) is 0 Å². The molecule has 1 aliphatic heterocycles. The predicted molar refractivity (Wildman–Crippen MR) is 106 cm³/mol. The molecule has 0 bridgehead atoms. The van der Waals surface area contributed by atoms with Crippen LogP contribution in [0, 0.1) is 34.5 Å². The van der Waals surface area contributed by atoms with Crippen LogP contribution in [0.5, 0.6) is 0 Å². The van der Waals surface area contributed by atoms with E-state index in [0.29, 0.717) is 5.92 Å². The average molecular weight is 377 g/mol. The van der Waals surface area contributed by atoms with Crippen LogP contribution in [0.3, 0.4) is 0 Å². The molecule has 0 radical (unpaired) electrons. The van der Waals surface area contributed by atoms with Gasteiger partial charge in [-0.1, -0.05) is 45.8 Å². The van der Waals surface area contributed by atoms with Crippen molar-refractivity contribution in [2.75, 3.05) is 0 Å². The molecular formula is C22H36N2O3. The molecule has 3 fully saturated rings. The van der Waals surface area contributed by atoms with Gasteiger partial charge < -0.3 is 0 Å². The smallest absolute Gasteiger partial charge is 0.255 e. The molecule has 2 aliphatic carbocycles. The maximum absolute atomic E-state index is 13.4. The Hall–Kier alpha value is -1.65. The van der Waals surface area contributed by atoms with Crippen molar-refractivity contribution in [3.63, 3.8) is 0 Å². The fraction of sp³-hybridized carbons (Fsp3) is 0.773. The van der Waals surface area contributed by atoms with Crippen molar-refractivity contribution >= 4 is 17.7 Å². The highest BCUT2D eigenvalue weighted by Crippen LogP contribution is 2.64. The number of hydrogen-bond acceptors (Lipinski definition) is 3. The van der Waals surface area contributed by atoms with Gasteiger partial charge in [-0.05, 0) is 56.8 Å². The van der Waals surface area contributed by atoms with Gasteiger partial charge in [-0.3, -0.25) is 19.8 Å². The largest absolute Gasteiger partial charge is 0.273 e. The van der Waals surface area contributed by atoms with E-state index in [-0.39, 0.29) is 36.4 Å². The van der Waals surface area contributed by atoms with Crippen LogP contribution in [0.25, 0.3) is 0 Å². The van der Waals surface area contributed by atoms with Gasteiger partial charge in [-0.15, -0.1) is 0 Å².